The molecule has 0 unspecified atom stereocenters. The first-order chi connectivity index (χ1) is 11.9. The van der Waals surface area contributed by atoms with Gasteiger partial charge < -0.3 is 9.47 Å². The summed E-state index contributed by atoms with van der Waals surface area (Å²) in [5, 5.41) is 0. The SMILES string of the molecule is CO[C@H]1C(C(C)C)=CC(=O)[C@@H]2[C@H]1CC=C1[C@H]3COC(=O)[C@H]3CC[C@@]12C. The van der Waals surface area contributed by atoms with Gasteiger partial charge >= 0.3 is 5.97 Å². The number of rotatable bonds is 2. The van der Waals surface area contributed by atoms with Crippen molar-refractivity contribution in [2.24, 2.45) is 35.0 Å². The molecule has 4 aliphatic rings. The van der Waals surface area contributed by atoms with E-state index in [4.69, 9.17) is 9.47 Å². The number of ketones is 1. The molecule has 1 saturated carbocycles. The second-order valence-corrected chi connectivity index (χ2v) is 8.69. The van der Waals surface area contributed by atoms with Gasteiger partial charge in [0.05, 0.1) is 18.6 Å². The Labute approximate surface area is 149 Å². The molecule has 0 aromatic rings. The highest BCUT2D eigenvalue weighted by molar-refractivity contribution is 5.95. The van der Waals surface area contributed by atoms with Crippen LogP contribution >= 0.6 is 0 Å². The second-order valence-electron chi connectivity index (χ2n) is 8.69. The Morgan fingerprint density at radius 2 is 2.04 bits per heavy atom. The molecule has 6 atom stereocenters. The van der Waals surface area contributed by atoms with Gasteiger partial charge in [-0.3, -0.25) is 9.59 Å². The van der Waals surface area contributed by atoms with Gasteiger partial charge in [0.15, 0.2) is 5.78 Å². The van der Waals surface area contributed by atoms with Gasteiger partial charge in [0.25, 0.3) is 0 Å². The topological polar surface area (TPSA) is 52.6 Å². The quantitative estimate of drug-likeness (QED) is 0.570. The third kappa shape index (κ3) is 2.29. The van der Waals surface area contributed by atoms with E-state index in [0.29, 0.717) is 12.5 Å². The number of ether oxygens (including phenoxy) is 2. The number of allylic oxidation sites excluding steroid dienone is 2. The van der Waals surface area contributed by atoms with Crippen molar-refractivity contribution < 1.29 is 19.1 Å². The van der Waals surface area contributed by atoms with Gasteiger partial charge in [0.1, 0.15) is 0 Å². The Hall–Kier alpha value is -1.42. The van der Waals surface area contributed by atoms with Crippen LogP contribution in [0.3, 0.4) is 0 Å². The molecule has 4 nitrogen and oxygen atoms in total. The third-order valence-corrected chi connectivity index (χ3v) is 7.21. The Morgan fingerprint density at radius 1 is 1.28 bits per heavy atom. The molecule has 1 heterocycles. The van der Waals surface area contributed by atoms with Gasteiger partial charge in [-0.2, -0.15) is 0 Å². The molecule has 136 valence electrons. The molecular weight excluding hydrogens is 316 g/mol. The summed E-state index contributed by atoms with van der Waals surface area (Å²) in [4.78, 5) is 25.2. The maximum atomic E-state index is 13.2. The van der Waals surface area contributed by atoms with E-state index in [9.17, 15) is 9.59 Å². The zero-order valence-electron chi connectivity index (χ0n) is 15.6. The average molecular weight is 344 g/mol. The second kappa shape index (κ2) is 5.80. The molecule has 0 spiro atoms. The van der Waals surface area contributed by atoms with E-state index in [1.165, 1.54) is 5.57 Å². The first-order valence-corrected chi connectivity index (χ1v) is 9.53. The fraction of sp³-hybridized carbons (Fsp3) is 0.714. The minimum absolute atomic E-state index is 0.00504. The summed E-state index contributed by atoms with van der Waals surface area (Å²) in [5.41, 5.74) is 2.24. The number of esters is 1. The molecule has 4 rings (SSSR count). The summed E-state index contributed by atoms with van der Waals surface area (Å²) in [6.07, 6.45) is 6.73. The molecule has 1 aliphatic heterocycles. The monoisotopic (exact) mass is 344 g/mol. The Morgan fingerprint density at radius 3 is 2.72 bits per heavy atom. The number of hydrogen-bond acceptors (Lipinski definition) is 4. The van der Waals surface area contributed by atoms with E-state index in [0.717, 1.165) is 24.8 Å². The predicted molar refractivity (Wildman–Crippen MR) is 93.7 cm³/mol. The highest BCUT2D eigenvalue weighted by atomic mass is 16.5. The van der Waals surface area contributed by atoms with Crippen molar-refractivity contribution in [3.05, 3.63) is 23.3 Å². The first-order valence-electron chi connectivity index (χ1n) is 9.53. The van der Waals surface area contributed by atoms with E-state index >= 15 is 0 Å². The van der Waals surface area contributed by atoms with Crippen LogP contribution in [0.2, 0.25) is 0 Å². The summed E-state index contributed by atoms with van der Waals surface area (Å²) < 4.78 is 11.2. The summed E-state index contributed by atoms with van der Waals surface area (Å²) in [7, 11) is 1.76. The van der Waals surface area contributed by atoms with Crippen molar-refractivity contribution in [1.82, 2.24) is 0 Å². The number of carbonyl (C=O) groups is 2. The van der Waals surface area contributed by atoms with E-state index in [1.54, 1.807) is 7.11 Å². The predicted octanol–water partition coefficient (Wildman–Crippen LogP) is 3.32. The molecule has 1 saturated heterocycles. The smallest absolute Gasteiger partial charge is 0.309 e. The summed E-state index contributed by atoms with van der Waals surface area (Å²) in [6, 6.07) is 0. The fourth-order valence-electron chi connectivity index (χ4n) is 6.01. The molecular formula is C21H28O4. The lowest BCUT2D eigenvalue weighted by Crippen LogP contribution is -2.53. The fourth-order valence-corrected chi connectivity index (χ4v) is 6.01. The maximum Gasteiger partial charge on any atom is 0.309 e. The molecule has 4 heteroatoms. The van der Waals surface area contributed by atoms with E-state index in [-0.39, 0.29) is 46.9 Å². The number of hydrogen-bond donors (Lipinski definition) is 0. The van der Waals surface area contributed by atoms with Crippen molar-refractivity contribution in [3.63, 3.8) is 0 Å². The molecule has 0 radical (unpaired) electrons. The molecule has 0 bridgehead atoms. The number of carbonyl (C=O) groups excluding carboxylic acids is 2. The van der Waals surface area contributed by atoms with Crippen LogP contribution in [0.5, 0.6) is 0 Å². The molecule has 2 fully saturated rings. The lowest BCUT2D eigenvalue weighted by molar-refractivity contribution is -0.141. The molecule has 0 amide bonds. The normalized spacial score (nSPS) is 43.0. The van der Waals surface area contributed by atoms with Crippen molar-refractivity contribution >= 4 is 11.8 Å². The molecule has 0 N–H and O–H groups in total. The van der Waals surface area contributed by atoms with Crippen LogP contribution in [0, 0.1) is 35.0 Å². The number of fused-ring (bicyclic) bond motifs is 5. The standard InChI is InChI=1S/C21H28O4/c1-11(2)14-9-17(22)18-13(19(14)24-4)5-6-16-15-10-25-20(23)12(15)7-8-21(16,18)3/h6,9,11-13,15,18-19H,5,7-8,10H2,1-4H3/t12-,13+,15-,18-,19+,21-/m0/s1. The molecule has 3 aliphatic carbocycles. The van der Waals surface area contributed by atoms with Crippen molar-refractivity contribution in [3.8, 4) is 0 Å². The van der Waals surface area contributed by atoms with E-state index < -0.39 is 0 Å². The van der Waals surface area contributed by atoms with E-state index in [2.05, 4.69) is 26.8 Å². The minimum Gasteiger partial charge on any atom is -0.465 e. The van der Waals surface area contributed by atoms with Crippen LogP contribution in [0.15, 0.2) is 23.3 Å². The average Bonchev–Trinajstić information content (AvgIpc) is 2.94. The van der Waals surface area contributed by atoms with Crippen LogP contribution in [0.4, 0.5) is 0 Å². The van der Waals surface area contributed by atoms with Gasteiger partial charge in [-0.25, -0.2) is 0 Å². The lowest BCUT2D eigenvalue weighted by Gasteiger charge is -2.53. The Balaban J connectivity index is 1.75. The highest BCUT2D eigenvalue weighted by Gasteiger charge is 2.58. The van der Waals surface area contributed by atoms with Crippen molar-refractivity contribution in [2.45, 2.75) is 46.1 Å². The van der Waals surface area contributed by atoms with Gasteiger partial charge in [-0.1, -0.05) is 32.4 Å². The molecule has 0 aromatic heterocycles. The van der Waals surface area contributed by atoms with Crippen LogP contribution < -0.4 is 0 Å². The van der Waals surface area contributed by atoms with Crippen LogP contribution in [-0.2, 0) is 19.1 Å². The third-order valence-electron chi connectivity index (χ3n) is 7.21. The van der Waals surface area contributed by atoms with Gasteiger partial charge in [-0.15, -0.1) is 0 Å². The number of methoxy groups -OCH3 is 1. The van der Waals surface area contributed by atoms with Crippen LogP contribution in [0.25, 0.3) is 0 Å². The van der Waals surface area contributed by atoms with E-state index in [1.807, 2.05) is 6.08 Å². The Bertz CT molecular complexity index is 673. The van der Waals surface area contributed by atoms with Crippen LogP contribution in [-0.4, -0.2) is 31.6 Å². The number of cyclic esters (lactones) is 1. The zero-order chi connectivity index (χ0) is 17.9. The summed E-state index contributed by atoms with van der Waals surface area (Å²) in [5.74, 6) is 0.816. The summed E-state index contributed by atoms with van der Waals surface area (Å²) >= 11 is 0. The minimum atomic E-state index is -0.176. The van der Waals surface area contributed by atoms with Crippen molar-refractivity contribution in [2.75, 3.05) is 13.7 Å². The van der Waals surface area contributed by atoms with Crippen LogP contribution in [0.1, 0.15) is 40.0 Å². The largest absolute Gasteiger partial charge is 0.465 e. The zero-order valence-corrected chi connectivity index (χ0v) is 15.6. The molecule has 0 aromatic carbocycles. The lowest BCUT2D eigenvalue weighted by atomic mass is 9.50. The van der Waals surface area contributed by atoms with Gasteiger partial charge in [0, 0.05) is 24.9 Å². The Kier molecular flexibility index (Phi) is 3.95. The van der Waals surface area contributed by atoms with Gasteiger partial charge in [-0.05, 0) is 42.2 Å². The summed E-state index contributed by atoms with van der Waals surface area (Å²) in [6.45, 7) is 6.97. The highest BCUT2D eigenvalue weighted by Crippen LogP contribution is 2.59. The molecule has 25 heavy (non-hydrogen) atoms. The maximum absolute atomic E-state index is 13.2. The van der Waals surface area contributed by atoms with Crippen molar-refractivity contribution in [1.29, 1.82) is 0 Å². The van der Waals surface area contributed by atoms with Gasteiger partial charge in [0.2, 0.25) is 0 Å². The first kappa shape index (κ1) is 17.0.